The number of hydrogen-bond donors (Lipinski definition) is 0. The van der Waals surface area contributed by atoms with Gasteiger partial charge < -0.3 is 14.2 Å². The molecule has 0 saturated heterocycles. The molecule has 0 fully saturated rings. The quantitative estimate of drug-likeness (QED) is 0.0199. The standard InChI is InChI=1S/C56H94O6/c1-4-7-10-13-16-19-21-23-25-27-29-30-32-34-37-40-43-46-49-55(58)61-52-53(51-60-54(57)48-45-42-39-36-18-15-12-9-6-3)62-56(59)50-47-44-41-38-35-33-31-28-26-24-22-20-17-14-11-8-5-2/h8,11,14,17,20,22,24,26,28-31,33,35,53H,4-7,9-10,12-13,15-16,18-19,21,23,25,27,32,34,36-52H2,1-3H3/b11-8-,17-14-,22-20-,26-24-,30-29-,31-28+,35-33-. The Hall–Kier alpha value is -3.41. The zero-order valence-corrected chi connectivity index (χ0v) is 40.4. The Labute approximate surface area is 382 Å². The van der Waals surface area contributed by atoms with Crippen molar-refractivity contribution in [3.8, 4) is 0 Å². The van der Waals surface area contributed by atoms with E-state index in [0.717, 1.165) is 70.6 Å². The van der Waals surface area contributed by atoms with Crippen LogP contribution in [0.5, 0.6) is 0 Å². The Morgan fingerprint density at radius 1 is 0.339 bits per heavy atom. The lowest BCUT2D eigenvalue weighted by Crippen LogP contribution is -2.30. The van der Waals surface area contributed by atoms with E-state index in [-0.39, 0.29) is 37.5 Å². The summed E-state index contributed by atoms with van der Waals surface area (Å²) in [7, 11) is 0. The second-order valence-electron chi connectivity index (χ2n) is 16.9. The van der Waals surface area contributed by atoms with E-state index >= 15 is 0 Å². The van der Waals surface area contributed by atoms with Gasteiger partial charge in [-0.25, -0.2) is 0 Å². The Balaban J connectivity index is 4.43. The van der Waals surface area contributed by atoms with E-state index in [9.17, 15) is 14.4 Å². The van der Waals surface area contributed by atoms with E-state index in [2.05, 4.69) is 45.1 Å². The minimum Gasteiger partial charge on any atom is -0.462 e. The molecule has 0 saturated carbocycles. The first kappa shape index (κ1) is 58.6. The van der Waals surface area contributed by atoms with Gasteiger partial charge in [0.05, 0.1) is 0 Å². The van der Waals surface area contributed by atoms with Crippen molar-refractivity contribution in [3.05, 3.63) is 85.1 Å². The van der Waals surface area contributed by atoms with Gasteiger partial charge in [-0.3, -0.25) is 14.4 Å². The van der Waals surface area contributed by atoms with Crippen LogP contribution in [0.1, 0.15) is 233 Å². The third-order valence-corrected chi connectivity index (χ3v) is 10.8. The molecule has 6 heteroatoms. The van der Waals surface area contributed by atoms with Gasteiger partial charge in [0.25, 0.3) is 0 Å². The van der Waals surface area contributed by atoms with Crippen molar-refractivity contribution in [3.63, 3.8) is 0 Å². The molecular weight excluding hydrogens is 769 g/mol. The van der Waals surface area contributed by atoms with E-state index < -0.39 is 6.10 Å². The van der Waals surface area contributed by atoms with Crippen LogP contribution in [0.25, 0.3) is 0 Å². The van der Waals surface area contributed by atoms with Gasteiger partial charge in [-0.1, -0.05) is 234 Å². The lowest BCUT2D eigenvalue weighted by atomic mass is 10.1. The first-order chi connectivity index (χ1) is 30.5. The zero-order chi connectivity index (χ0) is 45.1. The molecule has 0 rings (SSSR count). The fraction of sp³-hybridized carbons (Fsp3) is 0.696. The lowest BCUT2D eigenvalue weighted by Gasteiger charge is -2.18. The monoisotopic (exact) mass is 863 g/mol. The second kappa shape index (κ2) is 50.2. The molecule has 0 aliphatic heterocycles. The molecule has 0 aromatic carbocycles. The molecule has 0 spiro atoms. The van der Waals surface area contributed by atoms with Gasteiger partial charge in [-0.2, -0.15) is 0 Å². The van der Waals surface area contributed by atoms with E-state index in [0.29, 0.717) is 19.3 Å². The normalized spacial score (nSPS) is 12.8. The first-order valence-electron chi connectivity index (χ1n) is 25.7. The van der Waals surface area contributed by atoms with Crippen molar-refractivity contribution in [2.45, 2.75) is 239 Å². The third-order valence-electron chi connectivity index (χ3n) is 10.8. The molecule has 0 heterocycles. The molecule has 0 radical (unpaired) electrons. The minimum absolute atomic E-state index is 0.0968. The molecule has 62 heavy (non-hydrogen) atoms. The van der Waals surface area contributed by atoms with Gasteiger partial charge in [-0.05, 0) is 64.2 Å². The number of unbranched alkanes of at least 4 members (excludes halogenated alkanes) is 25. The maximum Gasteiger partial charge on any atom is 0.306 e. The van der Waals surface area contributed by atoms with Crippen LogP contribution in [0.3, 0.4) is 0 Å². The Morgan fingerprint density at radius 3 is 1.05 bits per heavy atom. The molecule has 6 nitrogen and oxygen atoms in total. The summed E-state index contributed by atoms with van der Waals surface area (Å²) < 4.78 is 16.7. The van der Waals surface area contributed by atoms with Crippen LogP contribution in [0.15, 0.2) is 85.1 Å². The number of rotatable bonds is 45. The average Bonchev–Trinajstić information content (AvgIpc) is 3.27. The van der Waals surface area contributed by atoms with Gasteiger partial charge in [-0.15, -0.1) is 0 Å². The fourth-order valence-corrected chi connectivity index (χ4v) is 6.94. The highest BCUT2D eigenvalue weighted by molar-refractivity contribution is 5.71. The van der Waals surface area contributed by atoms with Gasteiger partial charge in [0.2, 0.25) is 0 Å². The van der Waals surface area contributed by atoms with Crippen molar-refractivity contribution in [2.75, 3.05) is 13.2 Å². The molecule has 354 valence electrons. The molecule has 0 amide bonds. The highest BCUT2D eigenvalue weighted by atomic mass is 16.6. The van der Waals surface area contributed by atoms with Crippen LogP contribution in [-0.2, 0) is 28.6 Å². The predicted octanol–water partition coefficient (Wildman–Crippen LogP) is 16.8. The van der Waals surface area contributed by atoms with E-state index in [4.69, 9.17) is 14.2 Å². The highest BCUT2D eigenvalue weighted by Gasteiger charge is 2.19. The smallest absolute Gasteiger partial charge is 0.306 e. The van der Waals surface area contributed by atoms with Gasteiger partial charge in [0.15, 0.2) is 6.10 Å². The number of esters is 3. The van der Waals surface area contributed by atoms with Crippen molar-refractivity contribution in [1.82, 2.24) is 0 Å². The van der Waals surface area contributed by atoms with Crippen molar-refractivity contribution >= 4 is 17.9 Å². The number of carbonyl (C=O) groups is 3. The Morgan fingerprint density at radius 2 is 0.645 bits per heavy atom. The van der Waals surface area contributed by atoms with Gasteiger partial charge in [0.1, 0.15) is 13.2 Å². The largest absolute Gasteiger partial charge is 0.462 e. The molecular formula is C56H94O6. The SMILES string of the molecule is CC\C=C/C=C\C=C/C=C\C=C\C=C/CCCCCC(=O)OC(COC(=O)CCCCCCC/C=C\CCCCCCCCCCC)COC(=O)CCCCCCCCCCC. The number of carbonyl (C=O) groups excluding carboxylic acids is 3. The second-order valence-corrected chi connectivity index (χ2v) is 16.9. The maximum atomic E-state index is 12.8. The highest BCUT2D eigenvalue weighted by Crippen LogP contribution is 2.14. The molecule has 0 aromatic rings. The lowest BCUT2D eigenvalue weighted by molar-refractivity contribution is -0.167. The summed E-state index contributed by atoms with van der Waals surface area (Å²) in [5.41, 5.74) is 0. The summed E-state index contributed by atoms with van der Waals surface area (Å²) in [4.78, 5) is 37.9. The van der Waals surface area contributed by atoms with Crippen LogP contribution >= 0.6 is 0 Å². The van der Waals surface area contributed by atoms with E-state index in [1.807, 2.05) is 60.8 Å². The van der Waals surface area contributed by atoms with Crippen molar-refractivity contribution in [1.29, 1.82) is 0 Å². The average molecular weight is 863 g/mol. The molecule has 0 N–H and O–H groups in total. The summed E-state index contributed by atoms with van der Waals surface area (Å²) in [6.45, 7) is 6.43. The fourth-order valence-electron chi connectivity index (χ4n) is 6.94. The predicted molar refractivity (Wildman–Crippen MR) is 265 cm³/mol. The van der Waals surface area contributed by atoms with Gasteiger partial charge >= 0.3 is 17.9 Å². The summed E-state index contributed by atoms with van der Waals surface area (Å²) in [6.07, 6.45) is 64.3. The topological polar surface area (TPSA) is 78.9 Å². The molecule has 0 aliphatic carbocycles. The Kier molecular flexibility index (Phi) is 47.5. The van der Waals surface area contributed by atoms with Crippen LogP contribution in [-0.4, -0.2) is 37.2 Å². The van der Waals surface area contributed by atoms with Crippen LogP contribution in [0.2, 0.25) is 0 Å². The molecule has 0 bridgehead atoms. The van der Waals surface area contributed by atoms with Crippen LogP contribution in [0.4, 0.5) is 0 Å². The number of ether oxygens (including phenoxy) is 3. The van der Waals surface area contributed by atoms with E-state index in [1.165, 1.54) is 116 Å². The maximum absolute atomic E-state index is 12.8. The number of hydrogen-bond acceptors (Lipinski definition) is 6. The summed E-state index contributed by atoms with van der Waals surface area (Å²) in [5.74, 6) is -0.953. The first-order valence-corrected chi connectivity index (χ1v) is 25.7. The third kappa shape index (κ3) is 47.6. The summed E-state index contributed by atoms with van der Waals surface area (Å²) >= 11 is 0. The van der Waals surface area contributed by atoms with Crippen molar-refractivity contribution in [2.24, 2.45) is 0 Å². The molecule has 1 atom stereocenters. The summed E-state index contributed by atoms with van der Waals surface area (Å²) in [5, 5.41) is 0. The van der Waals surface area contributed by atoms with Crippen LogP contribution < -0.4 is 0 Å². The van der Waals surface area contributed by atoms with E-state index in [1.54, 1.807) is 0 Å². The molecule has 0 aliphatic rings. The molecule has 1 unspecified atom stereocenters. The Bertz CT molecular complexity index is 1220. The number of allylic oxidation sites excluding steroid dienone is 14. The minimum atomic E-state index is -0.800. The van der Waals surface area contributed by atoms with Crippen LogP contribution in [0, 0.1) is 0 Å². The zero-order valence-electron chi connectivity index (χ0n) is 40.4. The summed E-state index contributed by atoms with van der Waals surface area (Å²) in [6, 6.07) is 0. The van der Waals surface area contributed by atoms with Gasteiger partial charge in [0, 0.05) is 19.3 Å². The van der Waals surface area contributed by atoms with Crippen molar-refractivity contribution < 1.29 is 28.6 Å². The molecule has 0 aromatic heterocycles.